The van der Waals surface area contributed by atoms with E-state index in [0.717, 1.165) is 31.6 Å². The highest BCUT2D eigenvalue weighted by atomic mass is 16.5. The molecule has 16 heavy (non-hydrogen) atoms. The second kappa shape index (κ2) is 5.17. The third-order valence-corrected chi connectivity index (χ3v) is 3.55. The average molecular weight is 227 g/mol. The molecular weight excluding hydrogens is 202 g/mol. The molecule has 0 spiro atoms. The maximum absolute atomic E-state index is 11.3. The number of carbonyl (C=O) groups excluding carboxylic acids is 1. The lowest BCUT2D eigenvalue weighted by Crippen LogP contribution is -2.35. The van der Waals surface area contributed by atoms with Crippen LogP contribution in [0.3, 0.4) is 0 Å². The highest BCUT2D eigenvalue weighted by Gasteiger charge is 2.31. The van der Waals surface area contributed by atoms with E-state index >= 15 is 0 Å². The van der Waals surface area contributed by atoms with Gasteiger partial charge in [0.1, 0.15) is 12.1 Å². The SMILES string of the molecule is C[C@H](N)C(=O)OC1CCC(C(C)(C)C)CC1. The first-order chi connectivity index (χ1) is 7.30. The molecule has 0 unspecified atom stereocenters. The Morgan fingerprint density at radius 1 is 1.25 bits per heavy atom. The molecule has 3 nitrogen and oxygen atoms in total. The van der Waals surface area contributed by atoms with Crippen molar-refractivity contribution in [1.82, 2.24) is 0 Å². The van der Waals surface area contributed by atoms with E-state index in [2.05, 4.69) is 20.8 Å². The van der Waals surface area contributed by atoms with Gasteiger partial charge in [-0.1, -0.05) is 20.8 Å². The molecule has 2 N–H and O–H groups in total. The first-order valence-electron chi connectivity index (χ1n) is 6.26. The van der Waals surface area contributed by atoms with Crippen LogP contribution in [0, 0.1) is 11.3 Å². The summed E-state index contributed by atoms with van der Waals surface area (Å²) in [6.07, 6.45) is 4.37. The van der Waals surface area contributed by atoms with Crippen LogP contribution >= 0.6 is 0 Å². The Balaban J connectivity index is 2.35. The summed E-state index contributed by atoms with van der Waals surface area (Å²) < 4.78 is 5.35. The zero-order valence-corrected chi connectivity index (χ0v) is 11.0. The summed E-state index contributed by atoms with van der Waals surface area (Å²) in [5.41, 5.74) is 5.85. The molecule has 0 saturated heterocycles. The lowest BCUT2D eigenvalue weighted by molar-refractivity contribution is -0.152. The number of hydrogen-bond donors (Lipinski definition) is 1. The van der Waals surface area contributed by atoms with Crippen molar-refractivity contribution >= 4 is 5.97 Å². The van der Waals surface area contributed by atoms with Gasteiger partial charge >= 0.3 is 5.97 Å². The highest BCUT2D eigenvalue weighted by Crippen LogP contribution is 2.38. The summed E-state index contributed by atoms with van der Waals surface area (Å²) in [5, 5.41) is 0. The predicted octanol–water partition coefficient (Wildman–Crippen LogP) is 2.48. The smallest absolute Gasteiger partial charge is 0.322 e. The van der Waals surface area contributed by atoms with Gasteiger partial charge in [0.2, 0.25) is 0 Å². The molecule has 0 bridgehead atoms. The fourth-order valence-electron chi connectivity index (χ4n) is 2.32. The van der Waals surface area contributed by atoms with Crippen LogP contribution < -0.4 is 5.73 Å². The molecule has 0 heterocycles. The first kappa shape index (κ1) is 13.5. The second-order valence-corrected chi connectivity index (χ2v) is 6.07. The van der Waals surface area contributed by atoms with Crippen LogP contribution in [0.1, 0.15) is 53.4 Å². The van der Waals surface area contributed by atoms with Crippen LogP contribution in [0.4, 0.5) is 0 Å². The molecule has 1 fully saturated rings. The van der Waals surface area contributed by atoms with Crippen molar-refractivity contribution in [2.75, 3.05) is 0 Å². The predicted molar refractivity (Wildman–Crippen MR) is 64.9 cm³/mol. The molecule has 3 heteroatoms. The second-order valence-electron chi connectivity index (χ2n) is 6.07. The van der Waals surface area contributed by atoms with Crippen molar-refractivity contribution in [3.05, 3.63) is 0 Å². The molecule has 1 saturated carbocycles. The zero-order valence-electron chi connectivity index (χ0n) is 11.0. The normalized spacial score (nSPS) is 28.6. The van der Waals surface area contributed by atoms with E-state index in [9.17, 15) is 4.79 Å². The number of carbonyl (C=O) groups is 1. The number of nitrogens with two attached hydrogens (primary N) is 1. The maximum atomic E-state index is 11.3. The van der Waals surface area contributed by atoms with Crippen molar-refractivity contribution < 1.29 is 9.53 Å². The van der Waals surface area contributed by atoms with E-state index in [1.807, 2.05) is 0 Å². The molecule has 0 aliphatic heterocycles. The zero-order chi connectivity index (χ0) is 12.3. The van der Waals surface area contributed by atoms with Gasteiger partial charge in [0.25, 0.3) is 0 Å². The van der Waals surface area contributed by atoms with E-state index in [1.54, 1.807) is 6.92 Å². The van der Waals surface area contributed by atoms with E-state index in [0.29, 0.717) is 5.41 Å². The van der Waals surface area contributed by atoms with Gasteiger partial charge in [-0.15, -0.1) is 0 Å². The van der Waals surface area contributed by atoms with Gasteiger partial charge < -0.3 is 10.5 Å². The van der Waals surface area contributed by atoms with Gasteiger partial charge in [0.15, 0.2) is 0 Å². The maximum Gasteiger partial charge on any atom is 0.322 e. The Kier molecular flexibility index (Phi) is 4.36. The summed E-state index contributed by atoms with van der Waals surface area (Å²) in [6, 6.07) is -0.500. The van der Waals surface area contributed by atoms with Crippen molar-refractivity contribution in [3.8, 4) is 0 Å². The summed E-state index contributed by atoms with van der Waals surface area (Å²) in [6.45, 7) is 8.52. The lowest BCUT2D eigenvalue weighted by Gasteiger charge is -2.36. The van der Waals surface area contributed by atoms with Crippen molar-refractivity contribution in [2.24, 2.45) is 17.1 Å². The van der Waals surface area contributed by atoms with Crippen molar-refractivity contribution in [2.45, 2.75) is 65.5 Å². The Hall–Kier alpha value is -0.570. The molecule has 0 amide bonds. The van der Waals surface area contributed by atoms with Gasteiger partial charge in [-0.25, -0.2) is 0 Å². The Labute approximate surface area is 98.7 Å². The van der Waals surface area contributed by atoms with Crippen molar-refractivity contribution in [3.63, 3.8) is 0 Å². The Morgan fingerprint density at radius 2 is 1.75 bits per heavy atom. The van der Waals surface area contributed by atoms with E-state index in [1.165, 1.54) is 0 Å². The number of hydrogen-bond acceptors (Lipinski definition) is 3. The molecule has 1 aliphatic rings. The Bertz CT molecular complexity index is 235. The fourth-order valence-corrected chi connectivity index (χ4v) is 2.32. The standard InChI is InChI=1S/C13H25NO2/c1-9(14)12(15)16-11-7-5-10(6-8-11)13(2,3)4/h9-11H,5-8,14H2,1-4H3/t9-,10?,11?/m0/s1. The van der Waals surface area contributed by atoms with Crippen LogP contribution in [0.2, 0.25) is 0 Å². The van der Waals surface area contributed by atoms with Crippen LogP contribution in [-0.4, -0.2) is 18.1 Å². The topological polar surface area (TPSA) is 52.3 Å². The highest BCUT2D eigenvalue weighted by molar-refractivity contribution is 5.75. The van der Waals surface area contributed by atoms with Gasteiger partial charge in [0, 0.05) is 0 Å². The summed E-state index contributed by atoms with van der Waals surface area (Å²) >= 11 is 0. The fraction of sp³-hybridized carbons (Fsp3) is 0.923. The van der Waals surface area contributed by atoms with Crippen LogP contribution in [0.15, 0.2) is 0 Å². The van der Waals surface area contributed by atoms with Crippen molar-refractivity contribution in [1.29, 1.82) is 0 Å². The molecule has 0 aromatic heterocycles. The minimum absolute atomic E-state index is 0.0945. The minimum Gasteiger partial charge on any atom is -0.461 e. The first-order valence-corrected chi connectivity index (χ1v) is 6.26. The summed E-state index contributed by atoms with van der Waals surface area (Å²) in [5.74, 6) is 0.483. The molecule has 0 aromatic carbocycles. The van der Waals surface area contributed by atoms with Crippen LogP contribution in [0.25, 0.3) is 0 Å². The van der Waals surface area contributed by atoms with E-state index in [4.69, 9.17) is 10.5 Å². The quantitative estimate of drug-likeness (QED) is 0.737. The third-order valence-electron chi connectivity index (χ3n) is 3.55. The van der Waals surface area contributed by atoms with E-state index < -0.39 is 6.04 Å². The molecular formula is C13H25NO2. The monoisotopic (exact) mass is 227 g/mol. The molecule has 0 radical (unpaired) electrons. The van der Waals surface area contributed by atoms with Gasteiger partial charge in [0.05, 0.1) is 0 Å². The third kappa shape index (κ3) is 3.78. The lowest BCUT2D eigenvalue weighted by atomic mass is 9.72. The molecule has 1 aliphatic carbocycles. The molecule has 0 aromatic rings. The molecule has 1 atom stereocenters. The van der Waals surface area contributed by atoms with E-state index in [-0.39, 0.29) is 12.1 Å². The number of esters is 1. The van der Waals surface area contributed by atoms with Crippen LogP contribution in [-0.2, 0) is 9.53 Å². The summed E-state index contributed by atoms with van der Waals surface area (Å²) in [4.78, 5) is 11.3. The summed E-state index contributed by atoms with van der Waals surface area (Å²) in [7, 11) is 0. The molecule has 1 rings (SSSR count). The molecule has 94 valence electrons. The number of ether oxygens (including phenoxy) is 1. The average Bonchev–Trinajstić information content (AvgIpc) is 2.17. The van der Waals surface area contributed by atoms with Gasteiger partial charge in [-0.05, 0) is 43.9 Å². The van der Waals surface area contributed by atoms with Gasteiger partial charge in [-0.2, -0.15) is 0 Å². The largest absolute Gasteiger partial charge is 0.461 e. The minimum atomic E-state index is -0.500. The Morgan fingerprint density at radius 3 is 2.12 bits per heavy atom. The van der Waals surface area contributed by atoms with Crippen LogP contribution in [0.5, 0.6) is 0 Å². The van der Waals surface area contributed by atoms with Gasteiger partial charge in [-0.3, -0.25) is 4.79 Å². The number of rotatable bonds is 2.